The van der Waals surface area contributed by atoms with Crippen LogP contribution in [0.1, 0.15) is 23.6 Å². The van der Waals surface area contributed by atoms with Crippen molar-refractivity contribution < 1.29 is 0 Å². The number of benzene rings is 3. The van der Waals surface area contributed by atoms with Gasteiger partial charge in [-0.3, -0.25) is 0 Å². The maximum Gasteiger partial charge on any atom is -0.00203 e. The van der Waals surface area contributed by atoms with Gasteiger partial charge < -0.3 is 0 Å². The summed E-state index contributed by atoms with van der Waals surface area (Å²) in [5, 5.41) is 5.60. The minimum Gasteiger partial charge on any atom is -0.0616 e. The monoisotopic (exact) mass is 284 g/mol. The number of rotatable bonds is 2. The fourth-order valence-electron chi connectivity index (χ4n) is 3.58. The molecule has 108 valence electrons. The van der Waals surface area contributed by atoms with Crippen molar-refractivity contribution in [1.29, 1.82) is 0 Å². The van der Waals surface area contributed by atoms with Crippen LogP contribution in [0.4, 0.5) is 0 Å². The molecule has 3 aromatic rings. The standard InChI is InChI=1S/C22H20/c1-4-16-12-14(2)15(3)21(13-16)20-11-7-10-19-17-8-5-6-9-18(17)22(19)20/h5-13H,4H2,1-3H3. The lowest BCUT2D eigenvalue weighted by atomic mass is 9.89. The Morgan fingerprint density at radius 2 is 1.45 bits per heavy atom. The van der Waals surface area contributed by atoms with Gasteiger partial charge >= 0.3 is 0 Å². The summed E-state index contributed by atoms with van der Waals surface area (Å²) >= 11 is 0. The topological polar surface area (TPSA) is 0 Å². The van der Waals surface area contributed by atoms with Crippen LogP contribution < -0.4 is 0 Å². The summed E-state index contributed by atoms with van der Waals surface area (Å²) < 4.78 is 0. The number of aryl methyl sites for hydroxylation is 2. The third-order valence-corrected chi connectivity index (χ3v) is 4.98. The van der Waals surface area contributed by atoms with Crippen molar-refractivity contribution in [1.82, 2.24) is 0 Å². The van der Waals surface area contributed by atoms with Crippen LogP contribution in [-0.4, -0.2) is 0 Å². The van der Waals surface area contributed by atoms with Crippen LogP contribution >= 0.6 is 0 Å². The summed E-state index contributed by atoms with van der Waals surface area (Å²) in [5.74, 6) is 0. The first kappa shape index (κ1) is 13.3. The normalized spacial score (nSPS) is 11.6. The highest BCUT2D eigenvalue weighted by Crippen LogP contribution is 2.31. The second-order valence-corrected chi connectivity index (χ2v) is 6.21. The molecule has 0 bridgehead atoms. The van der Waals surface area contributed by atoms with Gasteiger partial charge in [0.25, 0.3) is 0 Å². The van der Waals surface area contributed by atoms with E-state index in [1.54, 1.807) is 0 Å². The fourth-order valence-corrected chi connectivity index (χ4v) is 3.58. The van der Waals surface area contributed by atoms with Crippen LogP contribution in [0, 0.1) is 34.7 Å². The highest BCUT2D eigenvalue weighted by Gasteiger charge is 2.11. The Kier molecular flexibility index (Phi) is 2.94. The van der Waals surface area contributed by atoms with Gasteiger partial charge in [-0.25, -0.2) is 0 Å². The minimum absolute atomic E-state index is 1.08. The molecule has 1 aliphatic carbocycles. The maximum atomic E-state index is 2.37. The van der Waals surface area contributed by atoms with Gasteiger partial charge in [0.1, 0.15) is 0 Å². The van der Waals surface area contributed by atoms with Gasteiger partial charge in [-0.1, -0.05) is 61.5 Å². The van der Waals surface area contributed by atoms with E-state index in [1.165, 1.54) is 48.7 Å². The zero-order chi connectivity index (χ0) is 15.3. The van der Waals surface area contributed by atoms with Gasteiger partial charge in [0, 0.05) is 0 Å². The minimum atomic E-state index is 1.08. The van der Waals surface area contributed by atoms with Gasteiger partial charge in [-0.05, 0) is 69.0 Å². The Morgan fingerprint density at radius 3 is 2.23 bits per heavy atom. The molecule has 0 saturated heterocycles. The molecule has 1 aliphatic rings. The van der Waals surface area contributed by atoms with Crippen molar-refractivity contribution in [3.63, 3.8) is 0 Å². The van der Waals surface area contributed by atoms with Crippen LogP contribution in [0.5, 0.6) is 0 Å². The largest absolute Gasteiger partial charge is 0.0616 e. The molecule has 0 atom stereocenters. The van der Waals surface area contributed by atoms with Crippen LogP contribution in [0.25, 0.3) is 11.1 Å². The van der Waals surface area contributed by atoms with Crippen molar-refractivity contribution in [2.24, 2.45) is 0 Å². The highest BCUT2D eigenvalue weighted by atomic mass is 14.2. The molecular formula is C22H20. The lowest BCUT2D eigenvalue weighted by Gasteiger charge is -2.15. The quantitative estimate of drug-likeness (QED) is 0.461. The van der Waals surface area contributed by atoms with Crippen LogP contribution in [0.15, 0.2) is 54.6 Å². The summed E-state index contributed by atoms with van der Waals surface area (Å²) in [5.41, 5.74) is 6.98. The molecule has 0 aliphatic heterocycles. The van der Waals surface area contributed by atoms with Crippen molar-refractivity contribution in [3.05, 3.63) is 92.2 Å². The van der Waals surface area contributed by atoms with E-state index in [4.69, 9.17) is 0 Å². The highest BCUT2D eigenvalue weighted by molar-refractivity contribution is 5.71. The predicted molar refractivity (Wildman–Crippen MR) is 92.5 cm³/mol. The second kappa shape index (κ2) is 4.84. The van der Waals surface area contributed by atoms with Gasteiger partial charge in [-0.2, -0.15) is 0 Å². The smallest absolute Gasteiger partial charge is 0.00203 e. The van der Waals surface area contributed by atoms with Crippen molar-refractivity contribution in [2.75, 3.05) is 0 Å². The molecular weight excluding hydrogens is 264 g/mol. The van der Waals surface area contributed by atoms with Gasteiger partial charge in [0.15, 0.2) is 0 Å². The molecule has 0 fully saturated rings. The molecule has 0 aromatic heterocycles. The zero-order valence-corrected chi connectivity index (χ0v) is 13.4. The lowest BCUT2D eigenvalue weighted by molar-refractivity contribution is 1.12. The van der Waals surface area contributed by atoms with E-state index >= 15 is 0 Å². The molecule has 0 spiro atoms. The molecule has 22 heavy (non-hydrogen) atoms. The average molecular weight is 284 g/mol. The Labute approximate surface area is 131 Å². The Balaban J connectivity index is 2.12. The van der Waals surface area contributed by atoms with Crippen LogP contribution in [-0.2, 0) is 6.42 Å². The van der Waals surface area contributed by atoms with E-state index in [2.05, 4.69) is 75.4 Å². The lowest BCUT2D eigenvalue weighted by Crippen LogP contribution is -1.97. The van der Waals surface area contributed by atoms with Crippen molar-refractivity contribution in [2.45, 2.75) is 27.2 Å². The number of hydrogen-bond acceptors (Lipinski definition) is 0. The molecule has 0 heterocycles. The van der Waals surface area contributed by atoms with Gasteiger partial charge in [0.2, 0.25) is 0 Å². The molecule has 4 rings (SSSR count). The molecule has 0 amide bonds. The molecule has 0 unspecified atom stereocenters. The second-order valence-electron chi connectivity index (χ2n) is 6.21. The first-order valence-corrected chi connectivity index (χ1v) is 8.04. The Hall–Kier alpha value is -2.34. The van der Waals surface area contributed by atoms with E-state index in [0.29, 0.717) is 0 Å². The van der Waals surface area contributed by atoms with Gasteiger partial charge in [-0.15, -0.1) is 0 Å². The number of fused-ring (bicyclic) bond motifs is 2. The summed E-state index contributed by atoms with van der Waals surface area (Å²) in [6, 6.07) is 20.1. The van der Waals surface area contributed by atoms with Crippen LogP contribution in [0.3, 0.4) is 0 Å². The number of hydrogen-bond donors (Lipinski definition) is 0. The fraction of sp³-hybridized carbons (Fsp3) is 0.182. The van der Waals surface area contributed by atoms with E-state index < -0.39 is 0 Å². The van der Waals surface area contributed by atoms with E-state index in [9.17, 15) is 0 Å². The first-order valence-electron chi connectivity index (χ1n) is 8.04. The molecule has 0 saturated carbocycles. The van der Waals surface area contributed by atoms with Crippen molar-refractivity contribution >= 4 is 0 Å². The van der Waals surface area contributed by atoms with Gasteiger partial charge in [0.05, 0.1) is 0 Å². The Bertz CT molecular complexity index is 1070. The first-order chi connectivity index (χ1) is 10.7. The third-order valence-electron chi connectivity index (χ3n) is 4.98. The van der Waals surface area contributed by atoms with E-state index in [0.717, 1.165) is 6.42 Å². The predicted octanol–water partition coefficient (Wildman–Crippen LogP) is 5.42. The van der Waals surface area contributed by atoms with E-state index in [-0.39, 0.29) is 0 Å². The summed E-state index contributed by atoms with van der Waals surface area (Å²) in [4.78, 5) is 0. The average Bonchev–Trinajstić information content (AvgIpc) is 2.54. The molecule has 0 nitrogen and oxygen atoms in total. The SMILES string of the molecule is CCc1cc(C)c(C)c(-c2cccc3c2=c2ccccc2=3)c1. The van der Waals surface area contributed by atoms with Crippen LogP contribution in [0.2, 0.25) is 0 Å². The van der Waals surface area contributed by atoms with Crippen molar-refractivity contribution in [3.8, 4) is 11.1 Å². The van der Waals surface area contributed by atoms with E-state index in [1.807, 2.05) is 0 Å². The zero-order valence-electron chi connectivity index (χ0n) is 13.4. The Morgan fingerprint density at radius 1 is 0.727 bits per heavy atom. The molecule has 0 radical (unpaired) electrons. The third kappa shape index (κ3) is 1.77. The summed E-state index contributed by atoms with van der Waals surface area (Å²) in [6.07, 6.45) is 1.08. The molecule has 0 N–H and O–H groups in total. The molecule has 0 heteroatoms. The maximum absolute atomic E-state index is 2.37. The summed E-state index contributed by atoms with van der Waals surface area (Å²) in [6.45, 7) is 6.70. The summed E-state index contributed by atoms with van der Waals surface area (Å²) in [7, 11) is 0. The molecule has 3 aromatic carbocycles.